The number of nitrogens with one attached hydrogen (secondary N) is 1. The Morgan fingerprint density at radius 1 is 1.29 bits per heavy atom. The average molecular weight is 306 g/mol. The van der Waals surface area contributed by atoms with Crippen LogP contribution in [0.4, 0.5) is 5.69 Å². The van der Waals surface area contributed by atoms with E-state index in [1.807, 2.05) is 19.1 Å². The Kier molecular flexibility index (Phi) is 5.20. The van der Waals surface area contributed by atoms with Crippen LogP contribution in [-0.4, -0.2) is 17.6 Å². The minimum absolute atomic E-state index is 0.132. The van der Waals surface area contributed by atoms with Gasteiger partial charge in [0.2, 0.25) is 0 Å². The quantitative estimate of drug-likeness (QED) is 0.892. The summed E-state index contributed by atoms with van der Waals surface area (Å²) in [5.41, 5.74) is 2.29. The molecule has 21 heavy (non-hydrogen) atoms. The number of aliphatic hydroxyl groups is 1. The molecule has 0 aromatic heterocycles. The standard InChI is InChI=1S/C16H16ClNO3/c1-11-5-6-15(12(7-11)9-19)21-10-16(20)18-14-4-2-3-13(17)8-14/h2-8,19H,9-10H2,1H3,(H,18,20). The molecule has 0 spiro atoms. The Bertz CT molecular complexity index is 643. The first-order valence-electron chi connectivity index (χ1n) is 6.47. The third kappa shape index (κ3) is 4.48. The molecule has 0 radical (unpaired) electrons. The lowest BCUT2D eigenvalue weighted by Gasteiger charge is -2.11. The number of amides is 1. The van der Waals surface area contributed by atoms with E-state index in [0.717, 1.165) is 5.56 Å². The molecule has 0 atom stereocenters. The maximum absolute atomic E-state index is 11.8. The highest BCUT2D eigenvalue weighted by molar-refractivity contribution is 6.30. The van der Waals surface area contributed by atoms with Gasteiger partial charge in [-0.05, 0) is 31.2 Å². The summed E-state index contributed by atoms with van der Waals surface area (Å²) in [5, 5.41) is 12.5. The van der Waals surface area contributed by atoms with Crippen molar-refractivity contribution >= 4 is 23.2 Å². The Hall–Kier alpha value is -2.04. The van der Waals surface area contributed by atoms with Crippen molar-refractivity contribution in [2.24, 2.45) is 0 Å². The third-order valence-electron chi connectivity index (χ3n) is 2.85. The molecule has 0 saturated carbocycles. The molecular weight excluding hydrogens is 290 g/mol. The summed E-state index contributed by atoms with van der Waals surface area (Å²) in [5.74, 6) is 0.214. The number of ether oxygens (including phenoxy) is 1. The maximum Gasteiger partial charge on any atom is 0.262 e. The minimum Gasteiger partial charge on any atom is -0.483 e. The van der Waals surface area contributed by atoms with Crippen LogP contribution in [0.15, 0.2) is 42.5 Å². The predicted molar refractivity (Wildman–Crippen MR) is 82.7 cm³/mol. The van der Waals surface area contributed by atoms with Crippen molar-refractivity contribution in [1.82, 2.24) is 0 Å². The summed E-state index contributed by atoms with van der Waals surface area (Å²) in [4.78, 5) is 11.8. The van der Waals surface area contributed by atoms with E-state index in [1.165, 1.54) is 0 Å². The van der Waals surface area contributed by atoms with E-state index in [4.69, 9.17) is 16.3 Å². The minimum atomic E-state index is -0.290. The highest BCUT2D eigenvalue weighted by Crippen LogP contribution is 2.20. The first-order chi connectivity index (χ1) is 10.1. The fraction of sp³-hybridized carbons (Fsp3) is 0.188. The van der Waals surface area contributed by atoms with Crippen LogP contribution in [0.5, 0.6) is 5.75 Å². The van der Waals surface area contributed by atoms with Gasteiger partial charge >= 0.3 is 0 Å². The van der Waals surface area contributed by atoms with Crippen LogP contribution in [0.2, 0.25) is 5.02 Å². The predicted octanol–water partition coefficient (Wildman–Crippen LogP) is 3.16. The zero-order valence-electron chi connectivity index (χ0n) is 11.6. The van der Waals surface area contributed by atoms with E-state index in [9.17, 15) is 9.90 Å². The molecule has 2 rings (SSSR count). The van der Waals surface area contributed by atoms with Gasteiger partial charge in [0.05, 0.1) is 6.61 Å². The lowest BCUT2D eigenvalue weighted by molar-refractivity contribution is -0.118. The van der Waals surface area contributed by atoms with E-state index in [-0.39, 0.29) is 19.1 Å². The first kappa shape index (κ1) is 15.4. The molecule has 4 nitrogen and oxygen atoms in total. The molecule has 0 aliphatic rings. The first-order valence-corrected chi connectivity index (χ1v) is 6.85. The molecule has 0 aliphatic carbocycles. The summed E-state index contributed by atoms with van der Waals surface area (Å²) in [6.07, 6.45) is 0. The van der Waals surface area contributed by atoms with Crippen LogP contribution in [0.3, 0.4) is 0 Å². The van der Waals surface area contributed by atoms with Crippen molar-refractivity contribution in [3.05, 3.63) is 58.6 Å². The van der Waals surface area contributed by atoms with Gasteiger partial charge in [-0.3, -0.25) is 4.79 Å². The molecular formula is C16H16ClNO3. The van der Waals surface area contributed by atoms with Gasteiger partial charge in [-0.25, -0.2) is 0 Å². The normalized spacial score (nSPS) is 10.2. The molecule has 0 saturated heterocycles. The second kappa shape index (κ2) is 7.11. The van der Waals surface area contributed by atoms with Gasteiger partial charge < -0.3 is 15.2 Å². The number of carbonyl (C=O) groups is 1. The van der Waals surface area contributed by atoms with Crippen LogP contribution in [0.1, 0.15) is 11.1 Å². The van der Waals surface area contributed by atoms with E-state index < -0.39 is 0 Å². The van der Waals surface area contributed by atoms with Gasteiger partial charge in [0.15, 0.2) is 6.61 Å². The van der Waals surface area contributed by atoms with Crippen molar-refractivity contribution in [3.8, 4) is 5.75 Å². The SMILES string of the molecule is Cc1ccc(OCC(=O)Nc2cccc(Cl)c2)c(CO)c1. The van der Waals surface area contributed by atoms with Gasteiger partial charge in [0.1, 0.15) is 5.75 Å². The number of aliphatic hydroxyl groups excluding tert-OH is 1. The highest BCUT2D eigenvalue weighted by Gasteiger charge is 2.07. The number of hydrogen-bond donors (Lipinski definition) is 2. The van der Waals surface area contributed by atoms with E-state index in [1.54, 1.807) is 30.3 Å². The average Bonchev–Trinajstić information content (AvgIpc) is 2.45. The summed E-state index contributed by atoms with van der Waals surface area (Å²) in [6, 6.07) is 12.3. The summed E-state index contributed by atoms with van der Waals surface area (Å²) < 4.78 is 5.44. The Morgan fingerprint density at radius 3 is 2.81 bits per heavy atom. The smallest absolute Gasteiger partial charge is 0.262 e. The molecule has 0 bridgehead atoms. The fourth-order valence-electron chi connectivity index (χ4n) is 1.88. The molecule has 1 amide bonds. The van der Waals surface area contributed by atoms with Crippen LogP contribution >= 0.6 is 11.6 Å². The Balaban J connectivity index is 1.95. The summed E-state index contributed by atoms with van der Waals surface area (Å²) >= 11 is 5.85. The van der Waals surface area contributed by atoms with E-state index in [0.29, 0.717) is 22.0 Å². The number of aryl methyl sites for hydroxylation is 1. The topological polar surface area (TPSA) is 58.6 Å². The van der Waals surface area contributed by atoms with Crippen LogP contribution in [-0.2, 0) is 11.4 Å². The van der Waals surface area contributed by atoms with Crippen molar-refractivity contribution in [2.45, 2.75) is 13.5 Å². The zero-order chi connectivity index (χ0) is 15.2. The second-order valence-electron chi connectivity index (χ2n) is 4.62. The summed E-state index contributed by atoms with van der Waals surface area (Å²) in [6.45, 7) is 1.66. The molecule has 2 aromatic carbocycles. The van der Waals surface area contributed by atoms with Gasteiger partial charge in [-0.1, -0.05) is 35.4 Å². The maximum atomic E-state index is 11.8. The molecule has 0 heterocycles. The van der Waals surface area contributed by atoms with Crippen LogP contribution < -0.4 is 10.1 Å². The number of hydrogen-bond acceptors (Lipinski definition) is 3. The number of anilines is 1. The van der Waals surface area contributed by atoms with Gasteiger partial charge in [0, 0.05) is 16.3 Å². The Morgan fingerprint density at radius 2 is 2.10 bits per heavy atom. The van der Waals surface area contributed by atoms with Gasteiger partial charge in [-0.15, -0.1) is 0 Å². The van der Waals surface area contributed by atoms with Gasteiger partial charge in [-0.2, -0.15) is 0 Å². The van der Waals surface area contributed by atoms with Crippen molar-refractivity contribution in [1.29, 1.82) is 0 Å². The fourth-order valence-corrected chi connectivity index (χ4v) is 2.07. The largest absolute Gasteiger partial charge is 0.483 e. The zero-order valence-corrected chi connectivity index (χ0v) is 12.4. The number of benzene rings is 2. The molecule has 110 valence electrons. The molecule has 5 heteroatoms. The lowest BCUT2D eigenvalue weighted by Crippen LogP contribution is -2.20. The highest BCUT2D eigenvalue weighted by atomic mass is 35.5. The Labute approximate surface area is 128 Å². The lowest BCUT2D eigenvalue weighted by atomic mass is 10.1. The molecule has 0 aliphatic heterocycles. The van der Waals surface area contributed by atoms with Crippen LogP contribution in [0.25, 0.3) is 0 Å². The molecule has 2 N–H and O–H groups in total. The number of halogens is 1. The molecule has 0 fully saturated rings. The van der Waals surface area contributed by atoms with E-state index >= 15 is 0 Å². The number of carbonyl (C=O) groups excluding carboxylic acids is 1. The third-order valence-corrected chi connectivity index (χ3v) is 3.09. The van der Waals surface area contributed by atoms with Crippen molar-refractivity contribution in [2.75, 3.05) is 11.9 Å². The monoisotopic (exact) mass is 305 g/mol. The van der Waals surface area contributed by atoms with Crippen molar-refractivity contribution in [3.63, 3.8) is 0 Å². The van der Waals surface area contributed by atoms with E-state index in [2.05, 4.69) is 5.32 Å². The van der Waals surface area contributed by atoms with Crippen LogP contribution in [0, 0.1) is 6.92 Å². The molecule has 2 aromatic rings. The number of rotatable bonds is 5. The molecule has 0 unspecified atom stereocenters. The van der Waals surface area contributed by atoms with Gasteiger partial charge in [0.25, 0.3) is 5.91 Å². The van der Waals surface area contributed by atoms with Crippen molar-refractivity contribution < 1.29 is 14.6 Å². The second-order valence-corrected chi connectivity index (χ2v) is 5.05. The summed E-state index contributed by atoms with van der Waals surface area (Å²) in [7, 11) is 0.